The van der Waals surface area contributed by atoms with Gasteiger partial charge in [-0.3, -0.25) is 9.59 Å². The number of benzene rings is 1. The number of hydrogen-bond donors (Lipinski definition) is 1. The highest BCUT2D eigenvalue weighted by Gasteiger charge is 2.30. The van der Waals surface area contributed by atoms with Crippen molar-refractivity contribution in [1.29, 1.82) is 0 Å². The second-order valence-electron chi connectivity index (χ2n) is 8.22. The molecule has 8 nitrogen and oxygen atoms in total. The smallest absolute Gasteiger partial charge is 0.249 e. The Kier molecular flexibility index (Phi) is 5.98. The fraction of sp³-hybridized carbons (Fsp3) is 0.500. The predicted molar refractivity (Wildman–Crippen MR) is 117 cm³/mol. The molecule has 3 heterocycles. The second-order valence-corrected chi connectivity index (χ2v) is 10.1. The molecular formula is C22H28N4O4S. The standard InChI is InChI=1S/C22H28N4O4S/c1-3-7-17-21(22-23-19(27)10-11-20(28)26(22)24-17)16-9-8-15(2)18(14-16)31(29,30)25-12-5-4-6-13-25/h8-9,14H,3-7,10-13H2,1-2H3,(H,23,27). The summed E-state index contributed by atoms with van der Waals surface area (Å²) < 4.78 is 29.6. The number of amides is 1. The van der Waals surface area contributed by atoms with E-state index in [0.29, 0.717) is 47.7 Å². The first-order valence-electron chi connectivity index (χ1n) is 10.9. The molecule has 4 rings (SSSR count). The first-order valence-corrected chi connectivity index (χ1v) is 12.3. The Morgan fingerprint density at radius 3 is 2.55 bits per heavy atom. The van der Waals surface area contributed by atoms with Gasteiger partial charge in [-0.15, -0.1) is 0 Å². The van der Waals surface area contributed by atoms with Gasteiger partial charge < -0.3 is 5.32 Å². The molecule has 1 fully saturated rings. The third kappa shape index (κ3) is 4.04. The van der Waals surface area contributed by atoms with Gasteiger partial charge in [0.15, 0.2) is 0 Å². The number of anilines is 1. The fourth-order valence-electron chi connectivity index (χ4n) is 4.27. The van der Waals surface area contributed by atoms with Gasteiger partial charge in [-0.25, -0.2) is 8.42 Å². The van der Waals surface area contributed by atoms with Crippen LogP contribution in [0.15, 0.2) is 23.1 Å². The molecule has 1 aromatic carbocycles. The highest BCUT2D eigenvalue weighted by Crippen LogP contribution is 2.36. The van der Waals surface area contributed by atoms with Crippen molar-refractivity contribution < 1.29 is 18.0 Å². The van der Waals surface area contributed by atoms with E-state index in [1.165, 1.54) is 4.68 Å². The van der Waals surface area contributed by atoms with Gasteiger partial charge in [0.1, 0.15) is 5.82 Å². The highest BCUT2D eigenvalue weighted by molar-refractivity contribution is 7.89. The van der Waals surface area contributed by atoms with Gasteiger partial charge in [-0.05, 0) is 43.4 Å². The number of sulfonamides is 1. The van der Waals surface area contributed by atoms with Crippen LogP contribution in [0.1, 0.15) is 61.5 Å². The molecular weight excluding hydrogens is 416 g/mol. The molecule has 0 bridgehead atoms. The van der Waals surface area contributed by atoms with E-state index in [1.54, 1.807) is 23.4 Å². The lowest BCUT2D eigenvalue weighted by Crippen LogP contribution is -2.35. The van der Waals surface area contributed by atoms with Crippen molar-refractivity contribution in [2.24, 2.45) is 0 Å². The van der Waals surface area contributed by atoms with Gasteiger partial charge in [-0.1, -0.05) is 31.9 Å². The highest BCUT2D eigenvalue weighted by atomic mass is 32.2. The summed E-state index contributed by atoms with van der Waals surface area (Å²) in [6.07, 6.45) is 4.38. The van der Waals surface area contributed by atoms with E-state index in [1.807, 2.05) is 13.0 Å². The van der Waals surface area contributed by atoms with E-state index < -0.39 is 10.0 Å². The summed E-state index contributed by atoms with van der Waals surface area (Å²) in [4.78, 5) is 25.0. The van der Waals surface area contributed by atoms with Crippen molar-refractivity contribution in [1.82, 2.24) is 14.1 Å². The lowest BCUT2D eigenvalue weighted by Gasteiger charge is -2.26. The molecule has 9 heteroatoms. The predicted octanol–water partition coefficient (Wildman–Crippen LogP) is 3.36. The summed E-state index contributed by atoms with van der Waals surface area (Å²) in [5, 5.41) is 7.30. The molecule has 31 heavy (non-hydrogen) atoms. The third-order valence-electron chi connectivity index (χ3n) is 5.91. The molecule has 166 valence electrons. The largest absolute Gasteiger partial charge is 0.310 e. The van der Waals surface area contributed by atoms with Gasteiger partial charge in [-0.2, -0.15) is 14.1 Å². The van der Waals surface area contributed by atoms with Crippen molar-refractivity contribution in [3.8, 4) is 11.1 Å². The lowest BCUT2D eigenvalue weighted by atomic mass is 10.0. The minimum absolute atomic E-state index is 0.0913. The number of fused-ring (bicyclic) bond motifs is 1. The van der Waals surface area contributed by atoms with Gasteiger partial charge in [0.05, 0.1) is 10.6 Å². The van der Waals surface area contributed by atoms with Crippen molar-refractivity contribution in [3.63, 3.8) is 0 Å². The zero-order chi connectivity index (χ0) is 22.2. The quantitative estimate of drug-likeness (QED) is 0.762. The Bertz CT molecular complexity index is 1130. The summed E-state index contributed by atoms with van der Waals surface area (Å²) in [5.74, 6) is -0.157. The van der Waals surface area contributed by atoms with Crippen LogP contribution in [0.3, 0.4) is 0 Å². The van der Waals surface area contributed by atoms with Crippen LogP contribution in [0.4, 0.5) is 5.82 Å². The zero-order valence-corrected chi connectivity index (χ0v) is 18.8. The molecule has 2 aliphatic heterocycles. The number of nitrogens with one attached hydrogen (secondary N) is 1. The van der Waals surface area contributed by atoms with Crippen LogP contribution in [-0.4, -0.2) is 47.4 Å². The molecule has 1 amide bonds. The van der Waals surface area contributed by atoms with Gasteiger partial charge in [0.2, 0.25) is 21.8 Å². The normalized spacial score (nSPS) is 17.9. The number of piperidine rings is 1. The van der Waals surface area contributed by atoms with Gasteiger partial charge in [0, 0.05) is 31.5 Å². The summed E-state index contributed by atoms with van der Waals surface area (Å²) >= 11 is 0. The van der Waals surface area contributed by atoms with Crippen molar-refractivity contribution >= 4 is 27.7 Å². The van der Waals surface area contributed by atoms with E-state index in [0.717, 1.165) is 25.7 Å². The average molecular weight is 445 g/mol. The number of hydrogen-bond acceptors (Lipinski definition) is 5. The number of nitrogens with zero attached hydrogens (tertiary/aromatic N) is 3. The van der Waals surface area contributed by atoms with Crippen molar-refractivity contribution in [3.05, 3.63) is 29.5 Å². The number of aromatic nitrogens is 2. The number of carbonyl (C=O) groups excluding carboxylic acids is 2. The molecule has 2 aliphatic rings. The summed E-state index contributed by atoms with van der Waals surface area (Å²) in [6, 6.07) is 5.28. The first kappa shape index (κ1) is 21.7. The minimum Gasteiger partial charge on any atom is -0.310 e. The summed E-state index contributed by atoms with van der Waals surface area (Å²) in [5.41, 5.74) is 2.62. The molecule has 1 saturated heterocycles. The Hall–Kier alpha value is -2.52. The topological polar surface area (TPSA) is 101 Å². The molecule has 0 unspecified atom stereocenters. The van der Waals surface area contributed by atoms with Gasteiger partial charge >= 0.3 is 0 Å². The van der Waals surface area contributed by atoms with E-state index in [2.05, 4.69) is 10.4 Å². The maximum atomic E-state index is 13.4. The molecule has 0 aliphatic carbocycles. The number of aryl methyl sites for hydroxylation is 2. The van der Waals surface area contributed by atoms with E-state index >= 15 is 0 Å². The Balaban J connectivity index is 1.86. The monoisotopic (exact) mass is 444 g/mol. The number of carbonyl (C=O) groups is 2. The molecule has 0 saturated carbocycles. The van der Waals surface area contributed by atoms with E-state index in [-0.39, 0.29) is 29.6 Å². The Labute approximate surface area is 182 Å². The van der Waals surface area contributed by atoms with Gasteiger partial charge in [0.25, 0.3) is 0 Å². The van der Waals surface area contributed by atoms with Crippen LogP contribution in [0.2, 0.25) is 0 Å². The summed E-state index contributed by atoms with van der Waals surface area (Å²) in [7, 11) is -3.63. The van der Waals surface area contributed by atoms with Crippen LogP contribution < -0.4 is 5.32 Å². The SMILES string of the molecule is CCCc1nn2c(c1-c1ccc(C)c(S(=O)(=O)N3CCCCC3)c1)NC(=O)CCC2=O. The van der Waals surface area contributed by atoms with Crippen LogP contribution in [0.25, 0.3) is 11.1 Å². The van der Waals surface area contributed by atoms with E-state index in [9.17, 15) is 18.0 Å². The Morgan fingerprint density at radius 1 is 1.10 bits per heavy atom. The van der Waals surface area contributed by atoms with Crippen LogP contribution in [0.5, 0.6) is 0 Å². The lowest BCUT2D eigenvalue weighted by molar-refractivity contribution is -0.116. The van der Waals surface area contributed by atoms with Crippen LogP contribution in [-0.2, 0) is 21.2 Å². The number of rotatable bonds is 5. The summed E-state index contributed by atoms with van der Waals surface area (Å²) in [6.45, 7) is 4.86. The second kappa shape index (κ2) is 8.55. The molecule has 0 atom stereocenters. The van der Waals surface area contributed by atoms with E-state index in [4.69, 9.17) is 0 Å². The van der Waals surface area contributed by atoms with Crippen molar-refractivity contribution in [2.75, 3.05) is 18.4 Å². The zero-order valence-electron chi connectivity index (χ0n) is 18.0. The van der Waals surface area contributed by atoms with Crippen molar-refractivity contribution in [2.45, 2.75) is 63.7 Å². The molecule has 1 aromatic heterocycles. The molecule has 0 spiro atoms. The maximum Gasteiger partial charge on any atom is 0.249 e. The van der Waals surface area contributed by atoms with Crippen LogP contribution >= 0.6 is 0 Å². The van der Waals surface area contributed by atoms with Crippen LogP contribution in [0, 0.1) is 6.92 Å². The first-order chi connectivity index (χ1) is 14.8. The fourth-order valence-corrected chi connectivity index (χ4v) is 6.04. The third-order valence-corrected chi connectivity index (χ3v) is 7.95. The average Bonchev–Trinajstić information content (AvgIpc) is 3.04. The Morgan fingerprint density at radius 2 is 1.84 bits per heavy atom. The minimum atomic E-state index is -3.63. The molecule has 1 N–H and O–H groups in total. The molecule has 0 radical (unpaired) electrons. The maximum absolute atomic E-state index is 13.4. The molecule has 2 aromatic rings.